The van der Waals surface area contributed by atoms with Gasteiger partial charge in [-0.2, -0.15) is 0 Å². The van der Waals surface area contributed by atoms with E-state index in [-0.39, 0.29) is 36.5 Å². The number of nitrogen functional groups attached to an aromatic ring is 2. The smallest absolute Gasteiger partial charge is 0.123 e. The molecule has 7 heteroatoms. The number of rotatable bonds is 3. The minimum atomic E-state index is -0.0483. The number of fused-ring (bicyclic) bond motifs is 1. The third-order valence-corrected chi connectivity index (χ3v) is 3.49. The highest BCUT2D eigenvalue weighted by molar-refractivity contribution is 6.16. The number of aromatic nitrogens is 1. The molecular formula is C16H17Cl2N5. The molecule has 0 aliphatic rings. The highest BCUT2D eigenvalue weighted by atomic mass is 35.5. The molecule has 23 heavy (non-hydrogen) atoms. The van der Waals surface area contributed by atoms with Crippen molar-refractivity contribution >= 4 is 47.4 Å². The Kier molecular flexibility index (Phi) is 5.79. The summed E-state index contributed by atoms with van der Waals surface area (Å²) >= 11 is 0. The largest absolute Gasteiger partial charge is 0.384 e. The van der Waals surface area contributed by atoms with Crippen LogP contribution in [0.25, 0.3) is 22.0 Å². The lowest BCUT2D eigenvalue weighted by Gasteiger charge is -2.13. The normalized spacial score (nSPS) is 9.74. The average molecular weight is 350 g/mol. The van der Waals surface area contributed by atoms with E-state index in [0.29, 0.717) is 11.1 Å². The molecule has 1 aromatic heterocycles. The van der Waals surface area contributed by atoms with Crippen LogP contribution < -0.4 is 11.5 Å². The van der Waals surface area contributed by atoms with Gasteiger partial charge in [0.25, 0.3) is 0 Å². The number of amidine groups is 2. The quantitative estimate of drug-likeness (QED) is 0.368. The molecule has 0 spiro atoms. The van der Waals surface area contributed by atoms with Gasteiger partial charge in [0.15, 0.2) is 0 Å². The summed E-state index contributed by atoms with van der Waals surface area (Å²) in [6.45, 7) is 0. The summed E-state index contributed by atoms with van der Waals surface area (Å²) in [5.41, 5.74) is 15.2. The maximum atomic E-state index is 7.84. The van der Waals surface area contributed by atoms with Crippen LogP contribution in [0.5, 0.6) is 0 Å². The predicted molar refractivity (Wildman–Crippen MR) is 100 cm³/mol. The summed E-state index contributed by atoms with van der Waals surface area (Å²) in [5, 5.41) is 16.4. The molecule has 0 saturated heterocycles. The molecule has 0 radical (unpaired) electrons. The minimum absolute atomic E-state index is 0. The molecule has 0 aliphatic carbocycles. The Morgan fingerprint density at radius 3 is 2.04 bits per heavy atom. The number of nitrogens with two attached hydrogens (primary N) is 2. The Hall–Kier alpha value is -2.50. The number of halogens is 2. The van der Waals surface area contributed by atoms with Gasteiger partial charge in [-0.25, -0.2) is 0 Å². The van der Waals surface area contributed by atoms with Gasteiger partial charge in [0.2, 0.25) is 0 Å². The summed E-state index contributed by atoms with van der Waals surface area (Å²) in [7, 11) is 0. The van der Waals surface area contributed by atoms with Crippen LogP contribution in [0.1, 0.15) is 11.1 Å². The topological polar surface area (TPSA) is 116 Å². The fraction of sp³-hybridized carbons (Fsp3) is 0. The second-order valence-corrected chi connectivity index (χ2v) is 4.81. The number of nitrogens with one attached hydrogen (secondary N) is 3. The van der Waals surface area contributed by atoms with Gasteiger partial charge in [0.05, 0.1) is 5.52 Å². The molecule has 0 unspecified atom stereocenters. The van der Waals surface area contributed by atoms with Crippen LogP contribution in [-0.2, 0) is 0 Å². The Balaban J connectivity index is 0.00000132. The Bertz CT molecular complexity index is 856. The molecule has 0 amide bonds. The fourth-order valence-electron chi connectivity index (χ4n) is 2.57. The zero-order valence-electron chi connectivity index (χ0n) is 12.1. The zero-order chi connectivity index (χ0) is 15.0. The molecule has 7 N–H and O–H groups in total. The molecule has 0 atom stereocenters. The summed E-state index contributed by atoms with van der Waals surface area (Å²) < 4.78 is 0. The van der Waals surface area contributed by atoms with Crippen molar-refractivity contribution in [1.29, 1.82) is 10.8 Å². The second-order valence-electron chi connectivity index (χ2n) is 4.81. The van der Waals surface area contributed by atoms with E-state index >= 15 is 0 Å². The van der Waals surface area contributed by atoms with Crippen molar-refractivity contribution in [2.24, 2.45) is 11.5 Å². The first-order chi connectivity index (χ1) is 10.1. The molecule has 3 rings (SSSR count). The first-order valence-electron chi connectivity index (χ1n) is 6.48. The Labute approximate surface area is 145 Å². The summed E-state index contributed by atoms with van der Waals surface area (Å²) in [4.78, 5) is 3.17. The van der Waals surface area contributed by atoms with Crippen LogP contribution in [0, 0.1) is 10.8 Å². The number of hydrogen-bond acceptors (Lipinski definition) is 2. The average Bonchev–Trinajstić information content (AvgIpc) is 2.95. The summed E-state index contributed by atoms with van der Waals surface area (Å²) in [5.74, 6) is -0.0884. The Morgan fingerprint density at radius 2 is 1.48 bits per heavy atom. The predicted octanol–water partition coefficient (Wildman–Crippen LogP) is 3.25. The van der Waals surface area contributed by atoms with Gasteiger partial charge in [-0.05, 0) is 17.7 Å². The monoisotopic (exact) mass is 349 g/mol. The van der Waals surface area contributed by atoms with E-state index in [2.05, 4.69) is 4.98 Å². The van der Waals surface area contributed by atoms with Crippen molar-refractivity contribution in [3.8, 4) is 11.1 Å². The number of aromatic amines is 1. The highest BCUT2D eigenvalue weighted by Gasteiger charge is 2.17. The molecule has 0 saturated carbocycles. The summed E-state index contributed by atoms with van der Waals surface area (Å²) in [6.07, 6.45) is 1.80. The van der Waals surface area contributed by atoms with E-state index in [4.69, 9.17) is 22.3 Å². The van der Waals surface area contributed by atoms with Gasteiger partial charge in [-0.3, -0.25) is 10.8 Å². The van der Waals surface area contributed by atoms with Crippen molar-refractivity contribution in [2.45, 2.75) is 0 Å². The Morgan fingerprint density at radius 1 is 0.870 bits per heavy atom. The molecular weight excluding hydrogens is 333 g/mol. The van der Waals surface area contributed by atoms with Gasteiger partial charge < -0.3 is 16.5 Å². The van der Waals surface area contributed by atoms with E-state index in [1.165, 1.54) is 0 Å². The lowest BCUT2D eigenvalue weighted by atomic mass is 9.93. The van der Waals surface area contributed by atoms with Crippen LogP contribution >= 0.6 is 24.8 Å². The molecule has 0 bridgehead atoms. The van der Waals surface area contributed by atoms with Crippen LogP contribution in [0.3, 0.4) is 0 Å². The van der Waals surface area contributed by atoms with E-state index in [9.17, 15) is 0 Å². The zero-order valence-corrected chi connectivity index (χ0v) is 13.7. The van der Waals surface area contributed by atoms with Crippen molar-refractivity contribution in [3.05, 3.63) is 59.8 Å². The van der Waals surface area contributed by atoms with Gasteiger partial charge in [0.1, 0.15) is 11.7 Å². The van der Waals surface area contributed by atoms with Crippen LogP contribution in [0.2, 0.25) is 0 Å². The van der Waals surface area contributed by atoms with Crippen LogP contribution in [0.15, 0.2) is 48.7 Å². The third-order valence-electron chi connectivity index (χ3n) is 3.49. The van der Waals surface area contributed by atoms with Gasteiger partial charge in [-0.15, -0.1) is 24.8 Å². The van der Waals surface area contributed by atoms with Crippen LogP contribution in [-0.4, -0.2) is 16.7 Å². The lowest BCUT2D eigenvalue weighted by Crippen LogP contribution is -2.17. The first kappa shape index (κ1) is 18.5. The lowest BCUT2D eigenvalue weighted by molar-refractivity contribution is 1.40. The molecule has 120 valence electrons. The maximum absolute atomic E-state index is 7.84. The van der Waals surface area contributed by atoms with Crippen molar-refractivity contribution in [2.75, 3.05) is 0 Å². The molecule has 3 aromatic rings. The first-order valence-corrected chi connectivity index (χ1v) is 6.48. The maximum Gasteiger partial charge on any atom is 0.123 e. The van der Waals surface area contributed by atoms with E-state index in [1.54, 1.807) is 12.3 Å². The molecule has 2 aromatic carbocycles. The van der Waals surface area contributed by atoms with Crippen molar-refractivity contribution < 1.29 is 0 Å². The second kappa shape index (κ2) is 7.17. The summed E-state index contributed by atoms with van der Waals surface area (Å²) in [6, 6.07) is 13.3. The van der Waals surface area contributed by atoms with E-state index in [1.807, 2.05) is 36.4 Å². The van der Waals surface area contributed by atoms with Crippen molar-refractivity contribution in [3.63, 3.8) is 0 Å². The fourth-order valence-corrected chi connectivity index (χ4v) is 2.57. The minimum Gasteiger partial charge on any atom is -0.384 e. The standard InChI is InChI=1S/C16H15N5.2ClH/c17-15(18)11-8-12(16(19)20)13(9-4-2-1-3-5-9)14-10(11)6-7-21-14;;/h1-8,21H,(H3,17,18)(H3,19,20);2*1H. The van der Waals surface area contributed by atoms with Gasteiger partial charge in [-0.1, -0.05) is 30.3 Å². The number of H-pyrrole nitrogens is 1. The van der Waals surface area contributed by atoms with Crippen molar-refractivity contribution in [1.82, 2.24) is 4.98 Å². The molecule has 0 aliphatic heterocycles. The highest BCUT2D eigenvalue weighted by Crippen LogP contribution is 2.33. The number of hydrogen-bond donors (Lipinski definition) is 5. The van der Waals surface area contributed by atoms with Gasteiger partial charge >= 0.3 is 0 Å². The van der Waals surface area contributed by atoms with Crippen LogP contribution in [0.4, 0.5) is 0 Å². The van der Waals surface area contributed by atoms with Gasteiger partial charge in [0, 0.05) is 28.3 Å². The third kappa shape index (κ3) is 3.16. The van der Waals surface area contributed by atoms with E-state index in [0.717, 1.165) is 22.0 Å². The number of benzene rings is 2. The van der Waals surface area contributed by atoms with E-state index < -0.39 is 0 Å². The SMILES string of the molecule is Cl.Cl.N=C(N)c1cc(C(=N)N)c2cc[nH]c2c1-c1ccccc1. The molecule has 1 heterocycles. The molecule has 0 fully saturated rings. The molecule has 5 nitrogen and oxygen atoms in total.